The van der Waals surface area contributed by atoms with Gasteiger partial charge >= 0.3 is 5.97 Å². The van der Waals surface area contributed by atoms with Crippen molar-refractivity contribution in [1.82, 2.24) is 5.32 Å². The number of aliphatic hydroxyl groups is 2. The topological polar surface area (TPSA) is 95.9 Å². The molecule has 0 heterocycles. The molecular weight excluding hydrogens is 815 g/mol. The third kappa shape index (κ3) is 51.7. The number of carbonyl (C=O) groups is 2. The van der Waals surface area contributed by atoms with Crippen LogP contribution in [0.15, 0.2) is 24.3 Å². The highest BCUT2D eigenvalue weighted by Crippen LogP contribution is 2.17. The van der Waals surface area contributed by atoms with Gasteiger partial charge in [0.05, 0.1) is 25.4 Å². The summed E-state index contributed by atoms with van der Waals surface area (Å²) in [7, 11) is 0. The number of allylic oxidation sites excluding steroid dienone is 3. The fourth-order valence-electron chi connectivity index (χ4n) is 9.16. The van der Waals surface area contributed by atoms with Crippen LogP contribution in [0.2, 0.25) is 0 Å². The molecular formula is C60H115NO5. The summed E-state index contributed by atoms with van der Waals surface area (Å²) in [6, 6.07) is -0.641. The fraction of sp³-hybridized carbons (Fsp3) is 0.900. The van der Waals surface area contributed by atoms with Gasteiger partial charge in [-0.05, 0) is 57.8 Å². The van der Waals surface area contributed by atoms with Crippen molar-refractivity contribution in [3.05, 3.63) is 24.3 Å². The van der Waals surface area contributed by atoms with Gasteiger partial charge in [0.1, 0.15) is 0 Å². The molecule has 0 aliphatic heterocycles. The van der Waals surface area contributed by atoms with Gasteiger partial charge in [0.25, 0.3) is 0 Å². The van der Waals surface area contributed by atoms with Crippen LogP contribution < -0.4 is 5.32 Å². The van der Waals surface area contributed by atoms with Crippen molar-refractivity contribution in [3.63, 3.8) is 0 Å². The molecule has 0 bridgehead atoms. The lowest BCUT2D eigenvalue weighted by Crippen LogP contribution is -2.45. The van der Waals surface area contributed by atoms with Gasteiger partial charge in [-0.15, -0.1) is 0 Å². The van der Waals surface area contributed by atoms with Crippen LogP contribution in [0.3, 0.4) is 0 Å². The number of hydrogen-bond donors (Lipinski definition) is 3. The maximum atomic E-state index is 12.5. The number of nitrogens with one attached hydrogen (secondary N) is 1. The molecule has 0 spiro atoms. The first-order chi connectivity index (χ1) is 32.5. The Bertz CT molecular complexity index is 1030. The molecule has 0 aromatic rings. The Kier molecular flexibility index (Phi) is 54.5. The van der Waals surface area contributed by atoms with Gasteiger partial charge in [-0.3, -0.25) is 9.59 Å². The highest BCUT2D eigenvalue weighted by molar-refractivity contribution is 5.76. The van der Waals surface area contributed by atoms with Crippen LogP contribution in [0.5, 0.6) is 0 Å². The van der Waals surface area contributed by atoms with E-state index in [-0.39, 0.29) is 18.5 Å². The molecule has 0 aliphatic rings. The van der Waals surface area contributed by atoms with Crippen LogP contribution in [0.4, 0.5) is 0 Å². The first kappa shape index (κ1) is 64.3. The zero-order chi connectivity index (χ0) is 47.9. The molecule has 0 aliphatic carbocycles. The molecule has 2 unspecified atom stereocenters. The van der Waals surface area contributed by atoms with Crippen molar-refractivity contribution in [2.45, 2.75) is 334 Å². The normalized spacial score (nSPS) is 12.7. The number of rotatable bonds is 55. The second-order valence-corrected chi connectivity index (χ2v) is 20.3. The lowest BCUT2D eigenvalue weighted by atomic mass is 10.0. The number of carbonyl (C=O) groups excluding carboxylic acids is 2. The van der Waals surface area contributed by atoms with Crippen LogP contribution in [-0.2, 0) is 14.3 Å². The molecule has 0 aromatic heterocycles. The quantitative estimate of drug-likeness (QED) is 0.0321. The molecule has 0 radical (unpaired) electrons. The average molecular weight is 931 g/mol. The van der Waals surface area contributed by atoms with Crippen molar-refractivity contribution in [2.75, 3.05) is 13.2 Å². The summed E-state index contributed by atoms with van der Waals surface area (Å²) >= 11 is 0. The second-order valence-electron chi connectivity index (χ2n) is 20.3. The number of ether oxygens (including phenoxy) is 1. The summed E-state index contributed by atoms with van der Waals surface area (Å²) in [6.07, 6.45) is 67.7. The molecule has 0 saturated heterocycles. The van der Waals surface area contributed by atoms with E-state index in [1.807, 2.05) is 6.08 Å². The maximum absolute atomic E-state index is 12.5. The average Bonchev–Trinajstić information content (AvgIpc) is 3.32. The smallest absolute Gasteiger partial charge is 0.305 e. The van der Waals surface area contributed by atoms with Crippen LogP contribution in [0, 0.1) is 0 Å². The molecule has 3 N–H and O–H groups in total. The van der Waals surface area contributed by atoms with Crippen LogP contribution in [0.25, 0.3) is 0 Å². The molecule has 66 heavy (non-hydrogen) atoms. The zero-order valence-electron chi connectivity index (χ0n) is 44.4. The van der Waals surface area contributed by atoms with Crippen molar-refractivity contribution < 1.29 is 24.5 Å². The molecule has 0 saturated carbocycles. The van der Waals surface area contributed by atoms with E-state index in [9.17, 15) is 19.8 Å². The molecule has 6 heteroatoms. The molecule has 6 nitrogen and oxygen atoms in total. The van der Waals surface area contributed by atoms with Gasteiger partial charge in [-0.25, -0.2) is 0 Å². The van der Waals surface area contributed by atoms with Crippen molar-refractivity contribution >= 4 is 11.9 Å². The van der Waals surface area contributed by atoms with E-state index in [0.29, 0.717) is 19.4 Å². The predicted molar refractivity (Wildman–Crippen MR) is 287 cm³/mol. The van der Waals surface area contributed by atoms with Gasteiger partial charge in [0.2, 0.25) is 5.91 Å². The van der Waals surface area contributed by atoms with Crippen LogP contribution in [0.1, 0.15) is 322 Å². The molecule has 0 fully saturated rings. The van der Waals surface area contributed by atoms with E-state index >= 15 is 0 Å². The lowest BCUT2D eigenvalue weighted by molar-refractivity contribution is -0.143. The molecule has 2 atom stereocenters. The highest BCUT2D eigenvalue weighted by atomic mass is 16.5. The summed E-state index contributed by atoms with van der Waals surface area (Å²) in [5.74, 6) is -0.0991. The number of unbranched alkanes of at least 4 members (excludes halogenated alkanes) is 42. The van der Waals surface area contributed by atoms with E-state index in [0.717, 1.165) is 57.8 Å². The molecule has 0 rings (SSSR count). The van der Waals surface area contributed by atoms with E-state index in [2.05, 4.69) is 31.3 Å². The minimum Gasteiger partial charge on any atom is -0.466 e. The fourth-order valence-corrected chi connectivity index (χ4v) is 9.16. The summed E-state index contributed by atoms with van der Waals surface area (Å²) < 4.78 is 5.47. The first-order valence-electron chi connectivity index (χ1n) is 29.6. The van der Waals surface area contributed by atoms with Gasteiger partial charge in [0.15, 0.2) is 0 Å². The van der Waals surface area contributed by atoms with Gasteiger partial charge in [-0.2, -0.15) is 0 Å². The summed E-state index contributed by atoms with van der Waals surface area (Å²) in [6.45, 7) is 4.88. The second kappa shape index (κ2) is 55.9. The summed E-state index contributed by atoms with van der Waals surface area (Å²) in [4.78, 5) is 24.5. The Balaban J connectivity index is 3.49. The largest absolute Gasteiger partial charge is 0.466 e. The van der Waals surface area contributed by atoms with Crippen molar-refractivity contribution in [2.24, 2.45) is 0 Å². The van der Waals surface area contributed by atoms with E-state index < -0.39 is 12.1 Å². The third-order valence-electron chi connectivity index (χ3n) is 13.7. The number of esters is 1. The Hall–Kier alpha value is -1.66. The number of aliphatic hydroxyl groups excluding tert-OH is 2. The predicted octanol–water partition coefficient (Wildman–Crippen LogP) is 18.2. The lowest BCUT2D eigenvalue weighted by Gasteiger charge is -2.20. The molecule has 390 valence electrons. The van der Waals surface area contributed by atoms with Crippen molar-refractivity contribution in [3.8, 4) is 0 Å². The van der Waals surface area contributed by atoms with Gasteiger partial charge in [0, 0.05) is 12.8 Å². The highest BCUT2D eigenvalue weighted by Gasteiger charge is 2.18. The Morgan fingerprint density at radius 1 is 0.409 bits per heavy atom. The minimum absolute atomic E-state index is 0.0181. The minimum atomic E-state index is -0.856. The zero-order valence-corrected chi connectivity index (χ0v) is 44.4. The standard InChI is InChI=1S/C60H115NO5/c1-3-5-7-9-11-13-15-17-19-20-21-22-23-24-25-27-28-32-36-40-44-48-52-58(63)57(56-62)61-59(64)53-49-45-41-37-33-30-31-35-39-43-47-51-55-66-60(65)54-50-46-42-38-34-29-26-18-16-14-12-10-8-6-4-2/h18,26,48,52,57-58,62-63H,3-17,19-25,27-47,49-51,53-56H2,1-2H3,(H,61,64)/b26-18-,52-48+. The van der Waals surface area contributed by atoms with E-state index in [4.69, 9.17) is 4.74 Å². The summed E-state index contributed by atoms with van der Waals surface area (Å²) in [5, 5.41) is 23.2. The molecule has 0 aromatic carbocycles. The van der Waals surface area contributed by atoms with E-state index in [1.165, 1.54) is 238 Å². The third-order valence-corrected chi connectivity index (χ3v) is 13.7. The van der Waals surface area contributed by atoms with Gasteiger partial charge < -0.3 is 20.3 Å². The molecule has 1 amide bonds. The Labute approximate surface area is 411 Å². The van der Waals surface area contributed by atoms with Crippen molar-refractivity contribution in [1.29, 1.82) is 0 Å². The number of amides is 1. The summed E-state index contributed by atoms with van der Waals surface area (Å²) in [5.41, 5.74) is 0. The van der Waals surface area contributed by atoms with Gasteiger partial charge in [-0.1, -0.05) is 276 Å². The van der Waals surface area contributed by atoms with Crippen LogP contribution >= 0.6 is 0 Å². The Morgan fingerprint density at radius 3 is 1.08 bits per heavy atom. The van der Waals surface area contributed by atoms with E-state index in [1.54, 1.807) is 6.08 Å². The Morgan fingerprint density at radius 2 is 0.712 bits per heavy atom. The number of hydrogen-bond acceptors (Lipinski definition) is 5. The van der Waals surface area contributed by atoms with Crippen LogP contribution in [-0.4, -0.2) is 47.4 Å². The monoisotopic (exact) mass is 930 g/mol. The SMILES string of the molecule is CCCCCCCC/C=C\CCCCCCCC(=O)OCCCCCCCCCCCCCCC(=O)NC(CO)C(O)/C=C/CCCCCCCCCCCCCCCCCCCCCC. The maximum Gasteiger partial charge on any atom is 0.305 e. The first-order valence-corrected chi connectivity index (χ1v) is 29.6.